The Bertz CT molecular complexity index is 1000. The molecule has 1 N–H and O–H groups in total. The number of alkyl carbamates (subject to hydrolysis) is 1. The van der Waals surface area contributed by atoms with Crippen molar-refractivity contribution < 1.29 is 45.3 Å². The molecule has 1 amide bonds. The van der Waals surface area contributed by atoms with E-state index >= 15 is 0 Å². The van der Waals surface area contributed by atoms with Crippen LogP contribution in [-0.4, -0.2) is 61.0 Å². The van der Waals surface area contributed by atoms with Gasteiger partial charge in [-0.1, -0.05) is 48.5 Å². The fourth-order valence-electron chi connectivity index (χ4n) is 5.34. The quantitative estimate of drug-likeness (QED) is 0.281. The average molecular weight is 576 g/mol. The molecule has 2 bridgehead atoms. The van der Waals surface area contributed by atoms with E-state index in [0.29, 0.717) is 18.1 Å². The van der Waals surface area contributed by atoms with Gasteiger partial charge < -0.3 is 41.0 Å². The number of halogens is 1. The molecule has 0 radical (unpaired) electrons. The number of piperidine rings is 3. The number of para-hydroxylation sites is 1. The molecule has 3 fully saturated rings. The van der Waals surface area contributed by atoms with E-state index in [1.807, 2.05) is 60.7 Å². The first-order valence-corrected chi connectivity index (χ1v) is 13.0. The summed E-state index contributed by atoms with van der Waals surface area (Å²) in [4.78, 5) is 25.9. The molecule has 0 aromatic heterocycles. The van der Waals surface area contributed by atoms with E-state index in [2.05, 4.69) is 5.32 Å². The van der Waals surface area contributed by atoms with Gasteiger partial charge in [-0.05, 0) is 38.5 Å². The van der Waals surface area contributed by atoms with E-state index in [1.165, 1.54) is 0 Å². The van der Waals surface area contributed by atoms with Gasteiger partial charge in [-0.15, -0.1) is 0 Å². The third-order valence-corrected chi connectivity index (χ3v) is 7.13. The van der Waals surface area contributed by atoms with E-state index in [1.54, 1.807) is 20.8 Å². The third-order valence-electron chi connectivity index (χ3n) is 7.13. The molecule has 0 saturated carbocycles. The Kier molecular flexibility index (Phi) is 10.0. The average Bonchev–Trinajstić information content (AvgIpc) is 2.86. The number of nitrogens with zero attached hydrogens (tertiary/aromatic N) is 1. The zero-order valence-electron chi connectivity index (χ0n) is 22.0. The predicted molar refractivity (Wildman–Crippen MR) is 137 cm³/mol. The highest BCUT2D eigenvalue weighted by atomic mass is 79.9. The van der Waals surface area contributed by atoms with Crippen LogP contribution in [0.4, 0.5) is 4.79 Å². The molecular weight excluding hydrogens is 536 g/mol. The Hall–Kier alpha value is -2.58. The molecule has 202 valence electrons. The first-order chi connectivity index (χ1) is 17.2. The van der Waals surface area contributed by atoms with Crippen LogP contribution < -0.4 is 27.0 Å². The second-order valence-corrected chi connectivity index (χ2v) is 11.0. The summed E-state index contributed by atoms with van der Waals surface area (Å²) < 4.78 is 18.4. The van der Waals surface area contributed by atoms with Crippen molar-refractivity contribution in [3.05, 3.63) is 66.2 Å². The number of ether oxygens (including phenoxy) is 3. The van der Waals surface area contributed by atoms with Crippen molar-refractivity contribution in [2.45, 2.75) is 57.8 Å². The lowest BCUT2D eigenvalue weighted by atomic mass is 9.83. The van der Waals surface area contributed by atoms with Crippen molar-refractivity contribution >= 4 is 12.1 Å². The monoisotopic (exact) mass is 574 g/mol. The lowest BCUT2D eigenvalue weighted by molar-refractivity contribution is -0.946. The van der Waals surface area contributed by atoms with Crippen LogP contribution >= 0.6 is 0 Å². The SMILES string of the molecule is CC(C)(C)OC(=O)NC(C(=O)O[C@H]1C[N+]2(CCCOc3ccccc3)CCC1CC2)c1ccccc1.[Br-]. The van der Waals surface area contributed by atoms with E-state index < -0.39 is 23.7 Å². The molecule has 7 nitrogen and oxygen atoms in total. The van der Waals surface area contributed by atoms with Gasteiger partial charge in [0, 0.05) is 25.2 Å². The van der Waals surface area contributed by atoms with Crippen LogP contribution in [0.15, 0.2) is 60.7 Å². The van der Waals surface area contributed by atoms with Crippen LogP contribution in [0, 0.1) is 5.92 Å². The number of quaternary nitrogens is 1. The molecule has 8 heteroatoms. The van der Waals surface area contributed by atoms with Gasteiger partial charge in [-0.3, -0.25) is 0 Å². The fraction of sp³-hybridized carbons (Fsp3) is 0.517. The number of nitrogens with one attached hydrogen (secondary N) is 1. The summed E-state index contributed by atoms with van der Waals surface area (Å²) in [5.41, 5.74) is 0.0165. The summed E-state index contributed by atoms with van der Waals surface area (Å²) >= 11 is 0. The van der Waals surface area contributed by atoms with Crippen molar-refractivity contribution in [3.8, 4) is 5.75 Å². The van der Waals surface area contributed by atoms with E-state index in [0.717, 1.165) is 55.7 Å². The maximum Gasteiger partial charge on any atom is 0.408 e. The molecule has 3 aliphatic heterocycles. The molecule has 3 saturated heterocycles. The number of carbonyl (C=O) groups excluding carboxylic acids is 2. The highest BCUT2D eigenvalue weighted by molar-refractivity contribution is 5.83. The molecule has 37 heavy (non-hydrogen) atoms. The third kappa shape index (κ3) is 8.20. The number of esters is 1. The smallest absolute Gasteiger partial charge is 0.408 e. The zero-order valence-corrected chi connectivity index (χ0v) is 23.6. The second kappa shape index (κ2) is 12.8. The van der Waals surface area contributed by atoms with Crippen LogP contribution in [0.5, 0.6) is 5.75 Å². The summed E-state index contributed by atoms with van der Waals surface area (Å²) in [5.74, 6) is 0.829. The van der Waals surface area contributed by atoms with Crippen LogP contribution in [-0.2, 0) is 14.3 Å². The van der Waals surface area contributed by atoms with Crippen molar-refractivity contribution in [2.75, 3.05) is 32.8 Å². The maximum atomic E-state index is 13.4. The Morgan fingerprint density at radius 1 is 1.00 bits per heavy atom. The van der Waals surface area contributed by atoms with Gasteiger partial charge in [0.25, 0.3) is 0 Å². The van der Waals surface area contributed by atoms with Gasteiger partial charge in [0.1, 0.15) is 17.9 Å². The molecule has 2 atom stereocenters. The molecule has 1 unspecified atom stereocenters. The Morgan fingerprint density at radius 3 is 2.24 bits per heavy atom. The van der Waals surface area contributed by atoms with Crippen LogP contribution in [0.25, 0.3) is 0 Å². The lowest BCUT2D eigenvalue weighted by Crippen LogP contribution is -3.00. The minimum atomic E-state index is -0.913. The minimum absolute atomic E-state index is 0. The predicted octanol–water partition coefficient (Wildman–Crippen LogP) is 1.88. The van der Waals surface area contributed by atoms with Crippen molar-refractivity contribution in [1.29, 1.82) is 0 Å². The lowest BCUT2D eigenvalue weighted by Gasteiger charge is -2.52. The van der Waals surface area contributed by atoms with E-state index in [4.69, 9.17) is 14.2 Å². The molecule has 0 aliphatic carbocycles. The Balaban J connectivity index is 0.00000380. The molecule has 0 spiro atoms. The Morgan fingerprint density at radius 2 is 1.62 bits per heavy atom. The van der Waals surface area contributed by atoms with Gasteiger partial charge in [-0.2, -0.15) is 0 Å². The molecule has 3 aliphatic rings. The number of hydrogen-bond donors (Lipinski definition) is 1. The van der Waals surface area contributed by atoms with Crippen LogP contribution in [0.2, 0.25) is 0 Å². The molecule has 2 aromatic carbocycles. The van der Waals surface area contributed by atoms with Gasteiger partial charge in [-0.25, -0.2) is 9.59 Å². The largest absolute Gasteiger partial charge is 1.00 e. The molecule has 2 aromatic rings. The minimum Gasteiger partial charge on any atom is -1.00 e. The number of rotatable bonds is 9. The van der Waals surface area contributed by atoms with Crippen molar-refractivity contribution in [1.82, 2.24) is 5.32 Å². The number of fused-ring (bicyclic) bond motifs is 3. The first kappa shape index (κ1) is 29.0. The normalized spacial score (nSPS) is 23.3. The highest BCUT2D eigenvalue weighted by Crippen LogP contribution is 2.36. The number of amides is 1. The molecule has 5 rings (SSSR count). The van der Waals surface area contributed by atoms with Gasteiger partial charge in [0.15, 0.2) is 12.1 Å². The highest BCUT2D eigenvalue weighted by Gasteiger charge is 2.48. The van der Waals surface area contributed by atoms with Crippen LogP contribution in [0.1, 0.15) is 51.6 Å². The maximum absolute atomic E-state index is 13.4. The summed E-state index contributed by atoms with van der Waals surface area (Å²) in [6.07, 6.45) is 2.26. The van der Waals surface area contributed by atoms with E-state index in [-0.39, 0.29) is 23.1 Å². The first-order valence-electron chi connectivity index (χ1n) is 13.0. The standard InChI is InChI=1S/C29H38N2O5.BrH/c1-29(2,3)36-28(33)30-26(23-11-6-4-7-12-23)27(32)35-25-21-31(18-15-22(25)16-19-31)17-10-20-34-24-13-8-5-9-14-24;/h4-9,11-14,22,25-26H,10,15-21H2,1-3H3;1H/t22?,25-,26?,31?;/m0./s1. The second-order valence-electron chi connectivity index (χ2n) is 11.0. The molecular formula is C29H39BrN2O5. The summed E-state index contributed by atoms with van der Waals surface area (Å²) in [5, 5.41) is 2.73. The van der Waals surface area contributed by atoms with Crippen LogP contribution in [0.3, 0.4) is 0 Å². The van der Waals surface area contributed by atoms with Gasteiger partial charge in [0.05, 0.1) is 26.2 Å². The number of benzene rings is 2. The Labute approximate surface area is 230 Å². The molecule has 3 heterocycles. The van der Waals surface area contributed by atoms with Gasteiger partial charge in [0.2, 0.25) is 0 Å². The fourth-order valence-corrected chi connectivity index (χ4v) is 5.34. The zero-order chi connectivity index (χ0) is 25.6. The van der Waals surface area contributed by atoms with Gasteiger partial charge >= 0.3 is 12.1 Å². The summed E-state index contributed by atoms with van der Waals surface area (Å²) in [7, 11) is 0. The topological polar surface area (TPSA) is 73.9 Å². The van der Waals surface area contributed by atoms with Crippen molar-refractivity contribution in [3.63, 3.8) is 0 Å². The summed E-state index contributed by atoms with van der Waals surface area (Å²) in [6, 6.07) is 18.2. The van der Waals surface area contributed by atoms with Crippen molar-refractivity contribution in [2.24, 2.45) is 5.92 Å². The van der Waals surface area contributed by atoms with E-state index in [9.17, 15) is 9.59 Å². The summed E-state index contributed by atoms with van der Waals surface area (Å²) in [6.45, 7) is 10.1. The number of hydrogen-bond acceptors (Lipinski definition) is 5. The number of carbonyl (C=O) groups is 2.